The number of rotatable bonds is 13. The van der Waals surface area contributed by atoms with Crippen LogP contribution in [-0.2, 0) is 19.0 Å². The predicted molar refractivity (Wildman–Crippen MR) is 201 cm³/mol. The molecule has 51 heavy (non-hydrogen) atoms. The standard InChI is InChI=1S/C41H51FN4O5/c1-10-13-33(43)50-32-22-26(3)21-30(42)36(32)29-15-12-14-28(24-29)31-25-46-34(44-31)23-27(4)35(37(39(47)48-9)51-40(5,6)7)38(46)45-18-16-41(8,17-19-45)49-20-11-2/h10-12,14-15,21-25,33,37H,1-2,13,16-20,43H2,3-9H3. The molecule has 1 aliphatic rings. The molecular formula is C41H51FN4O5. The van der Waals surface area contributed by atoms with E-state index >= 15 is 4.39 Å². The van der Waals surface area contributed by atoms with Gasteiger partial charge in [0.25, 0.3) is 0 Å². The molecule has 5 rings (SSSR count). The first-order valence-electron chi connectivity index (χ1n) is 17.4. The van der Waals surface area contributed by atoms with E-state index in [-0.39, 0.29) is 5.60 Å². The van der Waals surface area contributed by atoms with Crippen LogP contribution in [0, 0.1) is 19.7 Å². The van der Waals surface area contributed by atoms with Gasteiger partial charge in [0.15, 0.2) is 12.3 Å². The number of halogens is 1. The van der Waals surface area contributed by atoms with Crippen LogP contribution in [0.15, 0.2) is 74.0 Å². The number of esters is 1. The minimum atomic E-state index is -0.982. The number of aromatic nitrogens is 2. The van der Waals surface area contributed by atoms with Gasteiger partial charge in [-0.15, -0.1) is 13.2 Å². The summed E-state index contributed by atoms with van der Waals surface area (Å²) < 4.78 is 41.6. The van der Waals surface area contributed by atoms with Crippen molar-refractivity contribution in [3.8, 4) is 28.1 Å². The molecule has 1 saturated heterocycles. The molecule has 2 aromatic heterocycles. The van der Waals surface area contributed by atoms with Gasteiger partial charge in [-0.05, 0) is 95.3 Å². The molecule has 272 valence electrons. The van der Waals surface area contributed by atoms with Crippen molar-refractivity contribution in [1.82, 2.24) is 9.38 Å². The zero-order valence-electron chi connectivity index (χ0n) is 30.9. The smallest absolute Gasteiger partial charge is 0.339 e. The Bertz CT molecular complexity index is 1900. The Labute approximate surface area is 300 Å². The highest BCUT2D eigenvalue weighted by atomic mass is 19.1. The molecule has 0 amide bonds. The Morgan fingerprint density at radius 1 is 1.10 bits per heavy atom. The first-order valence-corrected chi connectivity index (χ1v) is 17.4. The summed E-state index contributed by atoms with van der Waals surface area (Å²) >= 11 is 0. The van der Waals surface area contributed by atoms with Crippen molar-refractivity contribution in [2.24, 2.45) is 5.73 Å². The first kappa shape index (κ1) is 37.7. The Kier molecular flexibility index (Phi) is 11.4. The second-order valence-corrected chi connectivity index (χ2v) is 14.5. The van der Waals surface area contributed by atoms with Crippen LogP contribution >= 0.6 is 0 Å². The second kappa shape index (κ2) is 15.4. The van der Waals surface area contributed by atoms with Crippen LogP contribution in [0.1, 0.15) is 69.8 Å². The normalized spacial score (nSPS) is 15.7. The number of pyridine rings is 1. The molecule has 0 radical (unpaired) electrons. The van der Waals surface area contributed by atoms with E-state index in [1.165, 1.54) is 13.2 Å². The molecule has 9 nitrogen and oxygen atoms in total. The largest absolute Gasteiger partial charge is 0.474 e. The molecule has 0 bridgehead atoms. The highest BCUT2D eigenvalue weighted by molar-refractivity contribution is 5.82. The van der Waals surface area contributed by atoms with Crippen LogP contribution in [0.4, 0.5) is 10.2 Å². The van der Waals surface area contributed by atoms with Crippen molar-refractivity contribution in [3.63, 3.8) is 0 Å². The van der Waals surface area contributed by atoms with Gasteiger partial charge in [-0.25, -0.2) is 14.2 Å². The number of carbonyl (C=O) groups is 1. The molecule has 4 aromatic rings. The number of piperidine rings is 1. The minimum Gasteiger partial charge on any atom is -0.474 e. The van der Waals surface area contributed by atoms with Gasteiger partial charge in [0, 0.05) is 36.8 Å². The zero-order valence-corrected chi connectivity index (χ0v) is 30.9. The Hall–Kier alpha value is -4.51. The van der Waals surface area contributed by atoms with E-state index in [1.807, 2.05) is 75.5 Å². The maximum absolute atomic E-state index is 15.7. The molecule has 0 saturated carbocycles. The van der Waals surface area contributed by atoms with E-state index in [9.17, 15) is 4.79 Å². The Balaban J connectivity index is 1.66. The van der Waals surface area contributed by atoms with Gasteiger partial charge in [-0.2, -0.15) is 0 Å². The van der Waals surface area contributed by atoms with Gasteiger partial charge >= 0.3 is 5.97 Å². The number of imidazole rings is 1. The van der Waals surface area contributed by atoms with Crippen molar-refractivity contribution >= 4 is 17.4 Å². The van der Waals surface area contributed by atoms with Crippen LogP contribution in [-0.4, -0.2) is 59.6 Å². The Morgan fingerprint density at radius 2 is 1.80 bits per heavy atom. The molecule has 0 aliphatic carbocycles. The number of ether oxygens (including phenoxy) is 4. The van der Waals surface area contributed by atoms with E-state index in [1.54, 1.807) is 18.2 Å². The molecular weight excluding hydrogens is 647 g/mol. The van der Waals surface area contributed by atoms with Crippen LogP contribution in [0.25, 0.3) is 28.0 Å². The second-order valence-electron chi connectivity index (χ2n) is 14.5. The lowest BCUT2D eigenvalue weighted by Crippen LogP contribution is -2.45. The molecule has 2 atom stereocenters. The van der Waals surface area contributed by atoms with Crippen molar-refractivity contribution in [3.05, 3.63) is 96.5 Å². The molecule has 1 aliphatic heterocycles. The Morgan fingerprint density at radius 3 is 2.45 bits per heavy atom. The van der Waals surface area contributed by atoms with E-state index in [4.69, 9.17) is 29.7 Å². The molecule has 2 unspecified atom stereocenters. The average molecular weight is 699 g/mol. The molecule has 3 heterocycles. The van der Waals surface area contributed by atoms with Crippen LogP contribution < -0.4 is 15.4 Å². The average Bonchev–Trinajstić information content (AvgIpc) is 3.49. The fraction of sp³-hybridized carbons (Fsp3) is 0.415. The number of fused-ring (bicyclic) bond motifs is 1. The fourth-order valence-electron chi connectivity index (χ4n) is 6.60. The molecule has 2 aromatic carbocycles. The van der Waals surface area contributed by atoms with Gasteiger partial charge in [0.05, 0.1) is 36.2 Å². The number of anilines is 1. The molecule has 0 spiro atoms. The zero-order chi connectivity index (χ0) is 37.1. The van der Waals surface area contributed by atoms with E-state index in [0.29, 0.717) is 54.3 Å². The van der Waals surface area contributed by atoms with Crippen molar-refractivity contribution in [1.29, 1.82) is 0 Å². The topological polar surface area (TPSA) is 101 Å². The lowest BCUT2D eigenvalue weighted by Gasteiger charge is -2.41. The fourth-order valence-corrected chi connectivity index (χ4v) is 6.60. The number of hydrogen-bond donors (Lipinski definition) is 1. The number of methoxy groups -OCH3 is 1. The minimum absolute atomic E-state index is 0.304. The number of benzene rings is 2. The van der Waals surface area contributed by atoms with E-state index in [0.717, 1.165) is 40.9 Å². The summed E-state index contributed by atoms with van der Waals surface area (Å²) in [5, 5.41) is 0. The van der Waals surface area contributed by atoms with Gasteiger partial charge < -0.3 is 23.8 Å². The third kappa shape index (κ3) is 8.52. The van der Waals surface area contributed by atoms with Crippen LogP contribution in [0.3, 0.4) is 0 Å². The monoisotopic (exact) mass is 698 g/mol. The summed E-state index contributed by atoms with van der Waals surface area (Å²) in [6.07, 6.45) is 5.70. The van der Waals surface area contributed by atoms with Gasteiger partial charge in [0.2, 0.25) is 0 Å². The van der Waals surface area contributed by atoms with E-state index in [2.05, 4.69) is 25.0 Å². The molecule has 10 heteroatoms. The van der Waals surface area contributed by atoms with E-state index < -0.39 is 29.7 Å². The van der Waals surface area contributed by atoms with Crippen molar-refractivity contribution < 1.29 is 28.1 Å². The lowest BCUT2D eigenvalue weighted by molar-refractivity contribution is -0.164. The lowest BCUT2D eigenvalue weighted by atomic mass is 9.92. The van der Waals surface area contributed by atoms with Crippen LogP contribution in [0.2, 0.25) is 0 Å². The summed E-state index contributed by atoms with van der Waals surface area (Å²) in [5.41, 5.74) is 10.6. The third-order valence-corrected chi connectivity index (χ3v) is 9.11. The summed E-state index contributed by atoms with van der Waals surface area (Å²) in [6.45, 7) is 21.0. The van der Waals surface area contributed by atoms with Gasteiger partial charge in [0.1, 0.15) is 23.0 Å². The molecule has 2 N–H and O–H groups in total. The summed E-state index contributed by atoms with van der Waals surface area (Å²) in [6, 6.07) is 12.8. The number of hydrogen-bond acceptors (Lipinski definition) is 8. The number of carbonyl (C=O) groups excluding carboxylic acids is 1. The van der Waals surface area contributed by atoms with Crippen molar-refractivity contribution in [2.45, 2.75) is 84.3 Å². The third-order valence-electron chi connectivity index (χ3n) is 9.11. The molecule has 1 fully saturated rings. The maximum atomic E-state index is 15.7. The quantitative estimate of drug-likeness (QED) is 0.0847. The maximum Gasteiger partial charge on any atom is 0.339 e. The van der Waals surface area contributed by atoms with Gasteiger partial charge in [-0.1, -0.05) is 30.4 Å². The SMILES string of the molecule is C=CCOC1(C)CCN(c2c(C(OC(C)(C)C)C(=O)OC)c(C)cc3nc(-c4cccc(-c5c(F)cc(C)cc5OC(N)CC=C)c4)cn23)CC1. The van der Waals surface area contributed by atoms with Gasteiger partial charge in [-0.3, -0.25) is 10.1 Å². The highest BCUT2D eigenvalue weighted by Gasteiger charge is 2.37. The number of nitrogens with two attached hydrogens (primary N) is 1. The van der Waals surface area contributed by atoms with Crippen molar-refractivity contribution in [2.75, 3.05) is 31.7 Å². The number of aryl methyl sites for hydroxylation is 2. The number of nitrogens with zero attached hydrogens (tertiary/aromatic N) is 3. The summed E-state index contributed by atoms with van der Waals surface area (Å²) in [4.78, 5) is 20.8. The summed E-state index contributed by atoms with van der Waals surface area (Å²) in [5.74, 6) is 0.274. The first-order chi connectivity index (χ1) is 24.2. The highest BCUT2D eigenvalue weighted by Crippen LogP contribution is 2.41. The predicted octanol–water partition coefficient (Wildman–Crippen LogP) is 8.25. The summed E-state index contributed by atoms with van der Waals surface area (Å²) in [7, 11) is 1.38. The van der Waals surface area contributed by atoms with Crippen LogP contribution in [0.5, 0.6) is 5.75 Å².